The van der Waals surface area contributed by atoms with Gasteiger partial charge in [-0.05, 0) is 122 Å². The summed E-state index contributed by atoms with van der Waals surface area (Å²) in [5, 5.41) is 5.03. The zero-order valence-electron chi connectivity index (χ0n) is 33.0. The van der Waals surface area contributed by atoms with Gasteiger partial charge < -0.3 is 9.47 Å². The maximum atomic E-state index is 2.37. The smallest absolute Gasteiger partial charge is 0.0541 e. The molecule has 0 atom stereocenters. The van der Waals surface area contributed by atoms with Crippen LogP contribution >= 0.6 is 0 Å². The Morgan fingerprint density at radius 1 is 0.267 bits per heavy atom. The standard InChI is InChI=1S/C58H40N2/c1-3-12-41(13-4-1)43-26-33-50(34-27-43)59(51-35-28-44(29-36-51)42-22-24-47(25-23-42)54-20-11-15-46-14-7-8-18-53(46)54)52-37-30-45(31-38-52)48-32-39-58-56(40-48)55-19-9-10-21-57(55)60(58)49-16-5-2-6-17-49/h1-40H. The van der Waals surface area contributed by atoms with Crippen molar-refractivity contribution in [3.05, 3.63) is 243 Å². The summed E-state index contributed by atoms with van der Waals surface area (Å²) in [6, 6.07) is 87.7. The monoisotopic (exact) mass is 764 g/mol. The third-order valence-electron chi connectivity index (χ3n) is 11.8. The van der Waals surface area contributed by atoms with Crippen LogP contribution in [0.1, 0.15) is 0 Å². The van der Waals surface area contributed by atoms with Gasteiger partial charge in [0.05, 0.1) is 11.0 Å². The Morgan fingerprint density at radius 2 is 0.700 bits per heavy atom. The molecule has 11 rings (SSSR count). The van der Waals surface area contributed by atoms with E-state index in [0.717, 1.165) is 17.1 Å². The number of benzene rings is 10. The SMILES string of the molecule is c1ccc(-c2ccc(N(c3ccc(-c4ccc(-c5cccc6ccccc56)cc4)cc3)c3ccc(-c4ccc5c(c4)c4ccccc4n5-c4ccccc4)cc3)cc2)cc1. The molecule has 0 spiro atoms. The van der Waals surface area contributed by atoms with Gasteiger partial charge in [-0.15, -0.1) is 0 Å². The molecule has 0 unspecified atom stereocenters. The normalized spacial score (nSPS) is 11.3. The first kappa shape index (κ1) is 35.2. The van der Waals surface area contributed by atoms with E-state index in [-0.39, 0.29) is 0 Å². The molecule has 282 valence electrons. The van der Waals surface area contributed by atoms with Crippen LogP contribution in [-0.2, 0) is 0 Å². The van der Waals surface area contributed by atoms with E-state index in [1.165, 1.54) is 82.8 Å². The number of hydrogen-bond acceptors (Lipinski definition) is 1. The molecule has 0 radical (unpaired) electrons. The Balaban J connectivity index is 0.937. The van der Waals surface area contributed by atoms with E-state index in [1.807, 2.05) is 0 Å². The fourth-order valence-electron chi connectivity index (χ4n) is 8.81. The molecule has 60 heavy (non-hydrogen) atoms. The second kappa shape index (κ2) is 15.1. The predicted molar refractivity (Wildman–Crippen MR) is 255 cm³/mol. The molecular formula is C58H40N2. The van der Waals surface area contributed by atoms with Crippen molar-refractivity contribution >= 4 is 49.6 Å². The maximum absolute atomic E-state index is 2.37. The number of para-hydroxylation sites is 2. The van der Waals surface area contributed by atoms with Crippen LogP contribution in [0, 0.1) is 0 Å². The molecular weight excluding hydrogens is 725 g/mol. The van der Waals surface area contributed by atoms with Gasteiger partial charge in [0.2, 0.25) is 0 Å². The minimum atomic E-state index is 1.10. The molecule has 2 heteroatoms. The highest BCUT2D eigenvalue weighted by Crippen LogP contribution is 2.40. The van der Waals surface area contributed by atoms with Gasteiger partial charge in [-0.3, -0.25) is 0 Å². The van der Waals surface area contributed by atoms with E-state index in [1.54, 1.807) is 0 Å². The summed E-state index contributed by atoms with van der Waals surface area (Å²) in [6.07, 6.45) is 0. The van der Waals surface area contributed by atoms with Crippen molar-refractivity contribution in [3.8, 4) is 50.2 Å². The van der Waals surface area contributed by atoms with E-state index < -0.39 is 0 Å². The van der Waals surface area contributed by atoms with Crippen LogP contribution in [0.15, 0.2) is 243 Å². The van der Waals surface area contributed by atoms with Crippen LogP contribution in [-0.4, -0.2) is 4.57 Å². The van der Waals surface area contributed by atoms with Crippen LogP contribution in [0.2, 0.25) is 0 Å². The molecule has 0 N–H and O–H groups in total. The predicted octanol–water partition coefficient (Wildman–Crippen LogP) is 16.1. The fourth-order valence-corrected chi connectivity index (χ4v) is 8.81. The van der Waals surface area contributed by atoms with Gasteiger partial charge in [-0.25, -0.2) is 0 Å². The van der Waals surface area contributed by atoms with Crippen molar-refractivity contribution < 1.29 is 0 Å². The van der Waals surface area contributed by atoms with E-state index in [0.29, 0.717) is 0 Å². The Morgan fingerprint density at radius 3 is 1.33 bits per heavy atom. The number of anilines is 3. The molecule has 1 heterocycles. The highest BCUT2D eigenvalue weighted by Gasteiger charge is 2.16. The number of fused-ring (bicyclic) bond motifs is 4. The molecule has 0 saturated heterocycles. The lowest BCUT2D eigenvalue weighted by atomic mass is 9.96. The van der Waals surface area contributed by atoms with Gasteiger partial charge >= 0.3 is 0 Å². The summed E-state index contributed by atoms with van der Waals surface area (Å²) < 4.78 is 2.37. The van der Waals surface area contributed by atoms with Crippen LogP contribution in [0.5, 0.6) is 0 Å². The summed E-state index contributed by atoms with van der Waals surface area (Å²) in [5.41, 5.74) is 16.5. The molecule has 0 aliphatic heterocycles. The number of rotatable bonds is 8. The minimum Gasteiger partial charge on any atom is -0.311 e. The third kappa shape index (κ3) is 6.41. The van der Waals surface area contributed by atoms with Gasteiger partial charge in [0.1, 0.15) is 0 Å². The van der Waals surface area contributed by atoms with Crippen LogP contribution < -0.4 is 4.90 Å². The molecule has 0 bridgehead atoms. The zero-order chi connectivity index (χ0) is 39.8. The van der Waals surface area contributed by atoms with Crippen molar-refractivity contribution in [1.82, 2.24) is 4.57 Å². The lowest BCUT2D eigenvalue weighted by Gasteiger charge is -2.26. The van der Waals surface area contributed by atoms with Crippen LogP contribution in [0.3, 0.4) is 0 Å². The first-order valence-electron chi connectivity index (χ1n) is 20.6. The largest absolute Gasteiger partial charge is 0.311 e. The van der Waals surface area contributed by atoms with Crippen molar-refractivity contribution in [2.24, 2.45) is 0 Å². The highest BCUT2D eigenvalue weighted by molar-refractivity contribution is 6.10. The van der Waals surface area contributed by atoms with Gasteiger partial charge in [0, 0.05) is 33.5 Å². The van der Waals surface area contributed by atoms with Gasteiger partial charge in [-0.1, -0.05) is 176 Å². The van der Waals surface area contributed by atoms with Crippen LogP contribution in [0.4, 0.5) is 17.1 Å². The molecule has 0 aliphatic rings. The minimum absolute atomic E-state index is 1.10. The lowest BCUT2D eigenvalue weighted by Crippen LogP contribution is -2.09. The van der Waals surface area contributed by atoms with Crippen LogP contribution in [0.25, 0.3) is 82.8 Å². The molecule has 0 aliphatic carbocycles. The average molecular weight is 765 g/mol. The number of nitrogens with zero attached hydrogens (tertiary/aromatic N) is 2. The van der Waals surface area contributed by atoms with E-state index >= 15 is 0 Å². The van der Waals surface area contributed by atoms with Crippen molar-refractivity contribution in [1.29, 1.82) is 0 Å². The third-order valence-corrected chi connectivity index (χ3v) is 11.8. The van der Waals surface area contributed by atoms with Crippen molar-refractivity contribution in [2.75, 3.05) is 4.90 Å². The molecule has 0 saturated carbocycles. The average Bonchev–Trinajstić information content (AvgIpc) is 3.66. The molecule has 11 aromatic rings. The quantitative estimate of drug-likeness (QED) is 0.150. The Kier molecular flexibility index (Phi) is 8.87. The van der Waals surface area contributed by atoms with E-state index in [9.17, 15) is 0 Å². The van der Waals surface area contributed by atoms with Gasteiger partial charge in [0.25, 0.3) is 0 Å². The first-order chi connectivity index (χ1) is 29.7. The fraction of sp³-hybridized carbons (Fsp3) is 0. The number of hydrogen-bond donors (Lipinski definition) is 0. The molecule has 1 aromatic heterocycles. The maximum Gasteiger partial charge on any atom is 0.0541 e. The molecule has 2 nitrogen and oxygen atoms in total. The summed E-state index contributed by atoms with van der Waals surface area (Å²) in [7, 11) is 0. The van der Waals surface area contributed by atoms with Crippen molar-refractivity contribution in [2.45, 2.75) is 0 Å². The van der Waals surface area contributed by atoms with E-state index in [4.69, 9.17) is 0 Å². The van der Waals surface area contributed by atoms with Gasteiger partial charge in [0.15, 0.2) is 0 Å². The Bertz CT molecular complexity index is 3250. The Hall–Kier alpha value is -7.94. The molecule has 10 aromatic carbocycles. The summed E-state index contributed by atoms with van der Waals surface area (Å²) in [5.74, 6) is 0. The second-order valence-corrected chi connectivity index (χ2v) is 15.4. The van der Waals surface area contributed by atoms with E-state index in [2.05, 4.69) is 252 Å². The summed E-state index contributed by atoms with van der Waals surface area (Å²) in [4.78, 5) is 2.35. The summed E-state index contributed by atoms with van der Waals surface area (Å²) in [6.45, 7) is 0. The zero-order valence-corrected chi connectivity index (χ0v) is 33.0. The molecule has 0 fully saturated rings. The van der Waals surface area contributed by atoms with Crippen molar-refractivity contribution in [3.63, 3.8) is 0 Å². The Labute approximate surface area is 350 Å². The topological polar surface area (TPSA) is 8.17 Å². The first-order valence-corrected chi connectivity index (χ1v) is 20.6. The summed E-state index contributed by atoms with van der Waals surface area (Å²) >= 11 is 0. The second-order valence-electron chi connectivity index (χ2n) is 15.4. The lowest BCUT2D eigenvalue weighted by molar-refractivity contribution is 1.18. The van der Waals surface area contributed by atoms with Gasteiger partial charge in [-0.2, -0.15) is 0 Å². The molecule has 0 amide bonds. The number of aromatic nitrogens is 1. The highest BCUT2D eigenvalue weighted by atomic mass is 15.1.